The average molecular weight is 1620 g/mol. The number of aliphatic hydroxyl groups is 1. The minimum absolute atomic E-state index is 0.109. The van der Waals surface area contributed by atoms with E-state index in [0.29, 0.717) is 25.7 Å². The Bertz CT molecular complexity index is 2100. The molecule has 0 amide bonds. The monoisotopic (exact) mass is 1620 g/mol. The van der Waals surface area contributed by atoms with E-state index >= 15 is 0 Å². The summed E-state index contributed by atoms with van der Waals surface area (Å²) in [5.41, 5.74) is 0. The van der Waals surface area contributed by atoms with E-state index in [4.69, 9.17) is 37.0 Å². The molecule has 0 aromatic heterocycles. The fraction of sp³-hybridized carbons (Fsp3) is 0.957. The number of phosphoric acid groups is 2. The third-order valence-electron chi connectivity index (χ3n) is 22.1. The number of unbranched alkanes of at least 4 members (excludes halogenated alkanes) is 63. The van der Waals surface area contributed by atoms with Gasteiger partial charge in [-0.3, -0.25) is 37.3 Å². The fourth-order valence-corrected chi connectivity index (χ4v) is 16.1. The van der Waals surface area contributed by atoms with E-state index in [1.54, 1.807) is 0 Å². The Labute approximate surface area is 683 Å². The lowest BCUT2D eigenvalue weighted by Gasteiger charge is -2.21. The molecule has 0 aromatic carbocycles. The summed E-state index contributed by atoms with van der Waals surface area (Å²) in [6.45, 7) is 7.47. The Balaban J connectivity index is 5.24. The molecule has 0 aliphatic rings. The normalized spacial score (nSPS) is 13.9. The van der Waals surface area contributed by atoms with Crippen molar-refractivity contribution in [1.29, 1.82) is 0 Å². The van der Waals surface area contributed by atoms with Crippen LogP contribution in [0.5, 0.6) is 0 Å². The van der Waals surface area contributed by atoms with Crippen LogP contribution in [0.25, 0.3) is 0 Å². The summed E-state index contributed by atoms with van der Waals surface area (Å²) >= 11 is 0. The van der Waals surface area contributed by atoms with Gasteiger partial charge < -0.3 is 33.8 Å². The molecule has 0 spiro atoms. The Morgan fingerprint density at radius 2 is 0.432 bits per heavy atom. The number of hydrogen-bond acceptors (Lipinski definition) is 15. The second kappa shape index (κ2) is 84.5. The predicted octanol–water partition coefficient (Wildman–Crippen LogP) is 28.7. The number of carbonyl (C=O) groups is 4. The first kappa shape index (κ1) is 109. The van der Waals surface area contributed by atoms with Crippen LogP contribution < -0.4 is 0 Å². The van der Waals surface area contributed by atoms with Gasteiger partial charge in [0, 0.05) is 25.7 Å². The summed E-state index contributed by atoms with van der Waals surface area (Å²) in [4.78, 5) is 73.4. The fourth-order valence-electron chi connectivity index (χ4n) is 14.5. The molecule has 17 nitrogen and oxygen atoms in total. The zero-order chi connectivity index (χ0) is 81.1. The predicted molar refractivity (Wildman–Crippen MR) is 460 cm³/mol. The Hall–Kier alpha value is -1.94. The molecule has 0 saturated carbocycles. The largest absolute Gasteiger partial charge is 0.472 e. The molecule has 660 valence electrons. The molecule has 19 heteroatoms. The van der Waals surface area contributed by atoms with Crippen molar-refractivity contribution in [2.45, 2.75) is 522 Å². The highest BCUT2D eigenvalue weighted by molar-refractivity contribution is 7.47. The highest BCUT2D eigenvalue weighted by atomic mass is 31.2. The highest BCUT2D eigenvalue weighted by Gasteiger charge is 2.31. The van der Waals surface area contributed by atoms with Crippen LogP contribution in [-0.4, -0.2) is 96.7 Å². The molecular formula is C92H180O17P2. The summed E-state index contributed by atoms with van der Waals surface area (Å²) in [6.07, 6.45) is 80.5. The minimum atomic E-state index is -4.97. The van der Waals surface area contributed by atoms with Crippen LogP contribution in [0.1, 0.15) is 503 Å². The van der Waals surface area contributed by atoms with E-state index in [9.17, 15) is 43.2 Å². The van der Waals surface area contributed by atoms with E-state index in [0.717, 1.165) is 95.8 Å². The molecule has 0 rings (SSSR count). The van der Waals surface area contributed by atoms with Crippen molar-refractivity contribution in [2.24, 2.45) is 5.92 Å². The second-order valence-electron chi connectivity index (χ2n) is 33.3. The van der Waals surface area contributed by atoms with E-state index in [2.05, 4.69) is 34.6 Å². The first-order chi connectivity index (χ1) is 54.1. The smallest absolute Gasteiger partial charge is 0.462 e. The summed E-state index contributed by atoms with van der Waals surface area (Å²) in [5.74, 6) is -1.22. The zero-order valence-corrected chi connectivity index (χ0v) is 74.9. The maximum atomic E-state index is 13.2. The van der Waals surface area contributed by atoms with Gasteiger partial charge in [-0.1, -0.05) is 452 Å². The number of esters is 4. The number of phosphoric ester groups is 2. The summed E-state index contributed by atoms with van der Waals surface area (Å²) in [7, 11) is -9.94. The molecule has 3 unspecified atom stereocenters. The summed E-state index contributed by atoms with van der Waals surface area (Å²) in [6, 6.07) is 0. The van der Waals surface area contributed by atoms with Gasteiger partial charge in [0.05, 0.1) is 26.4 Å². The number of aliphatic hydroxyl groups excluding tert-OH is 1. The molecule has 0 aliphatic heterocycles. The van der Waals surface area contributed by atoms with Gasteiger partial charge in [-0.25, -0.2) is 9.13 Å². The minimum Gasteiger partial charge on any atom is -0.462 e. The molecule has 0 heterocycles. The number of carbonyl (C=O) groups excluding carboxylic acids is 4. The Morgan fingerprint density at radius 3 is 0.640 bits per heavy atom. The Morgan fingerprint density at radius 1 is 0.252 bits per heavy atom. The van der Waals surface area contributed by atoms with Crippen LogP contribution in [0.2, 0.25) is 0 Å². The van der Waals surface area contributed by atoms with E-state index in [1.165, 1.54) is 327 Å². The molecular weight excluding hydrogens is 1440 g/mol. The second-order valence-corrected chi connectivity index (χ2v) is 36.2. The maximum Gasteiger partial charge on any atom is 0.472 e. The van der Waals surface area contributed by atoms with Crippen LogP contribution in [-0.2, 0) is 65.4 Å². The van der Waals surface area contributed by atoms with Gasteiger partial charge in [0.2, 0.25) is 0 Å². The standard InChI is InChI=1S/C92H180O17P2/c1-6-10-13-16-19-22-25-28-30-32-33-34-35-39-43-46-51-56-61-66-71-76-90(95)103-82-88(109-92(97)78-73-68-63-58-53-48-44-40-37-36-38-41-45-49-54-59-64-69-74-85(5)9-4)84-107-111(100,101)105-80-86(93)79-104-110(98,99)106-83-87(81-102-89(94)75-70-65-60-55-50-27-24-21-18-15-12-8-3)108-91(96)77-72-67-62-57-52-47-42-31-29-26-23-20-17-14-11-7-2/h85-88,93H,6-84H2,1-5H3,(H,98,99)(H,100,101)/t85?,86-,87+,88+/m0/s1. The van der Waals surface area contributed by atoms with Crippen molar-refractivity contribution in [3.05, 3.63) is 0 Å². The average Bonchev–Trinajstić information content (AvgIpc) is 0.898. The Kier molecular flexibility index (Phi) is 83.0. The lowest BCUT2D eigenvalue weighted by atomic mass is 9.99. The highest BCUT2D eigenvalue weighted by Crippen LogP contribution is 2.45. The van der Waals surface area contributed by atoms with Gasteiger partial charge in [0.15, 0.2) is 12.2 Å². The van der Waals surface area contributed by atoms with E-state index in [-0.39, 0.29) is 25.7 Å². The molecule has 0 aliphatic carbocycles. The molecule has 0 saturated heterocycles. The third kappa shape index (κ3) is 84.3. The van der Waals surface area contributed by atoms with E-state index in [1.807, 2.05) is 0 Å². The molecule has 6 atom stereocenters. The van der Waals surface area contributed by atoms with Gasteiger partial charge in [-0.2, -0.15) is 0 Å². The molecule has 0 fully saturated rings. The van der Waals surface area contributed by atoms with Gasteiger partial charge >= 0.3 is 39.5 Å². The molecule has 3 N–H and O–H groups in total. The van der Waals surface area contributed by atoms with Crippen molar-refractivity contribution < 1.29 is 80.2 Å². The zero-order valence-electron chi connectivity index (χ0n) is 73.1. The van der Waals surface area contributed by atoms with Crippen LogP contribution in [0.4, 0.5) is 0 Å². The van der Waals surface area contributed by atoms with Gasteiger partial charge in [-0.15, -0.1) is 0 Å². The third-order valence-corrected chi connectivity index (χ3v) is 24.0. The van der Waals surface area contributed by atoms with Crippen LogP contribution in [0.15, 0.2) is 0 Å². The van der Waals surface area contributed by atoms with E-state index < -0.39 is 97.5 Å². The van der Waals surface area contributed by atoms with Gasteiger partial charge in [0.25, 0.3) is 0 Å². The number of rotatable bonds is 92. The van der Waals surface area contributed by atoms with Crippen molar-refractivity contribution in [3.63, 3.8) is 0 Å². The van der Waals surface area contributed by atoms with Crippen molar-refractivity contribution >= 4 is 39.5 Å². The first-order valence-electron chi connectivity index (χ1n) is 47.7. The van der Waals surface area contributed by atoms with Crippen molar-refractivity contribution in [1.82, 2.24) is 0 Å². The quantitative estimate of drug-likeness (QED) is 0.0222. The lowest BCUT2D eigenvalue weighted by Crippen LogP contribution is -2.30. The van der Waals surface area contributed by atoms with Crippen LogP contribution >= 0.6 is 15.6 Å². The first-order valence-corrected chi connectivity index (χ1v) is 50.7. The van der Waals surface area contributed by atoms with Gasteiger partial charge in [-0.05, 0) is 31.6 Å². The van der Waals surface area contributed by atoms with Crippen molar-refractivity contribution in [2.75, 3.05) is 39.6 Å². The van der Waals surface area contributed by atoms with Crippen molar-refractivity contribution in [3.8, 4) is 0 Å². The van der Waals surface area contributed by atoms with Gasteiger partial charge in [0.1, 0.15) is 19.3 Å². The summed E-state index contributed by atoms with van der Waals surface area (Å²) in [5, 5.41) is 10.7. The lowest BCUT2D eigenvalue weighted by molar-refractivity contribution is -0.161. The number of ether oxygens (including phenoxy) is 4. The topological polar surface area (TPSA) is 237 Å². The SMILES string of the molecule is CCCCCCCCCCCCCCCCCCCCCCCC(=O)OC[C@H](COP(=O)(O)OC[C@@H](O)COP(=O)(O)OC[C@@H](COC(=O)CCCCCCCCCCCCCC)OC(=O)CCCCCCCCCCCCCCCCCC)OC(=O)CCCCCCCCCCCCCCCCCCCCC(C)CC. The maximum absolute atomic E-state index is 13.2. The van der Waals surface area contributed by atoms with Crippen LogP contribution in [0, 0.1) is 5.92 Å². The molecule has 0 bridgehead atoms. The molecule has 0 radical (unpaired) electrons. The summed E-state index contributed by atoms with van der Waals surface area (Å²) < 4.78 is 69.1. The molecule has 111 heavy (non-hydrogen) atoms. The molecule has 0 aromatic rings. The van der Waals surface area contributed by atoms with Crippen LogP contribution in [0.3, 0.4) is 0 Å². The number of hydrogen-bond donors (Lipinski definition) is 3.